The molecule has 3 rings (SSSR count). The number of rotatable bonds is 5. The fourth-order valence-corrected chi connectivity index (χ4v) is 4.55. The molecule has 0 aliphatic carbocycles. The zero-order valence-corrected chi connectivity index (χ0v) is 16.0. The Balaban J connectivity index is 1.98. The van der Waals surface area contributed by atoms with E-state index in [0.29, 0.717) is 10.6 Å². The molecule has 4 nitrogen and oxygen atoms in total. The second-order valence-corrected chi connectivity index (χ2v) is 8.35. The molecule has 6 heteroatoms. The molecule has 0 saturated heterocycles. The molecule has 0 saturated carbocycles. The molecule has 0 spiro atoms. The Bertz CT molecular complexity index is 1050. The number of ether oxygens (including phenoxy) is 1. The van der Waals surface area contributed by atoms with Crippen LogP contribution in [0.5, 0.6) is 5.75 Å². The first-order chi connectivity index (χ1) is 12.4. The fourth-order valence-electron chi connectivity index (χ4n) is 2.80. The third-order valence-corrected chi connectivity index (χ3v) is 6.01. The average molecular weight is 388 g/mol. The molecule has 0 unspecified atom stereocenters. The highest BCUT2D eigenvalue weighted by atomic mass is 35.5. The van der Waals surface area contributed by atoms with E-state index in [-0.39, 0.29) is 16.4 Å². The van der Waals surface area contributed by atoms with Crippen molar-refractivity contribution in [2.45, 2.75) is 17.6 Å². The third kappa shape index (κ3) is 3.89. The summed E-state index contributed by atoms with van der Waals surface area (Å²) in [6, 6.07) is 14.3. The van der Waals surface area contributed by atoms with Gasteiger partial charge in [-0.05, 0) is 47.9 Å². The fraction of sp³-hybridized carbons (Fsp3) is 0.150. The standard InChI is InChI=1S/C20H18ClNO3S/c1-14-5-3-4-6-18(14)16-9-15(11-22-12-16)13-26(23,24)20-10-17(21)7-8-19(20)25-2/h3-12H,13H2,1-2H3. The highest BCUT2D eigenvalue weighted by Gasteiger charge is 2.21. The van der Waals surface area contributed by atoms with Gasteiger partial charge in [-0.3, -0.25) is 4.98 Å². The van der Waals surface area contributed by atoms with Crippen molar-refractivity contribution in [3.63, 3.8) is 0 Å². The number of pyridine rings is 1. The van der Waals surface area contributed by atoms with Crippen molar-refractivity contribution in [3.8, 4) is 16.9 Å². The van der Waals surface area contributed by atoms with Crippen molar-refractivity contribution in [3.05, 3.63) is 77.1 Å². The Labute approximate surface area is 158 Å². The van der Waals surface area contributed by atoms with Crippen LogP contribution in [0.25, 0.3) is 11.1 Å². The molecule has 0 aliphatic rings. The van der Waals surface area contributed by atoms with Gasteiger partial charge in [-0.1, -0.05) is 35.9 Å². The first-order valence-electron chi connectivity index (χ1n) is 7.97. The number of methoxy groups -OCH3 is 1. The van der Waals surface area contributed by atoms with Crippen LogP contribution >= 0.6 is 11.6 Å². The smallest absolute Gasteiger partial charge is 0.186 e. The monoisotopic (exact) mass is 387 g/mol. The van der Waals surface area contributed by atoms with Crippen molar-refractivity contribution in [1.29, 1.82) is 0 Å². The summed E-state index contributed by atoms with van der Waals surface area (Å²) in [6.45, 7) is 2.01. The summed E-state index contributed by atoms with van der Waals surface area (Å²) in [7, 11) is -2.20. The Morgan fingerprint density at radius 3 is 2.58 bits per heavy atom. The van der Waals surface area contributed by atoms with Gasteiger partial charge in [-0.25, -0.2) is 8.42 Å². The number of halogens is 1. The maximum absolute atomic E-state index is 12.9. The van der Waals surface area contributed by atoms with E-state index in [1.165, 1.54) is 13.2 Å². The number of hydrogen-bond donors (Lipinski definition) is 0. The molecule has 0 amide bonds. The third-order valence-electron chi connectivity index (χ3n) is 4.07. The minimum Gasteiger partial charge on any atom is -0.495 e. The Morgan fingerprint density at radius 1 is 1.08 bits per heavy atom. The lowest BCUT2D eigenvalue weighted by Gasteiger charge is -2.11. The average Bonchev–Trinajstić information content (AvgIpc) is 2.62. The van der Waals surface area contributed by atoms with Gasteiger partial charge in [0.25, 0.3) is 0 Å². The number of aryl methyl sites for hydroxylation is 1. The minimum atomic E-state index is -3.64. The Morgan fingerprint density at radius 2 is 1.85 bits per heavy atom. The highest BCUT2D eigenvalue weighted by Crippen LogP contribution is 2.30. The lowest BCUT2D eigenvalue weighted by Crippen LogP contribution is -2.07. The first-order valence-corrected chi connectivity index (χ1v) is 10.00. The number of hydrogen-bond acceptors (Lipinski definition) is 4. The SMILES string of the molecule is COc1ccc(Cl)cc1S(=O)(=O)Cc1cncc(-c2ccccc2C)c1. The lowest BCUT2D eigenvalue weighted by atomic mass is 10.0. The van der Waals surface area contributed by atoms with Crippen LogP contribution in [0.4, 0.5) is 0 Å². The zero-order chi connectivity index (χ0) is 18.7. The quantitative estimate of drug-likeness (QED) is 0.637. The number of aromatic nitrogens is 1. The molecule has 0 aliphatic heterocycles. The van der Waals surface area contributed by atoms with Crippen molar-refractivity contribution in [2.24, 2.45) is 0 Å². The Kier molecular flexibility index (Phi) is 5.30. The number of sulfone groups is 1. The van der Waals surface area contributed by atoms with Crippen LogP contribution < -0.4 is 4.74 Å². The highest BCUT2D eigenvalue weighted by molar-refractivity contribution is 7.90. The summed E-state index contributed by atoms with van der Waals surface area (Å²) in [5, 5.41) is 0.344. The Hall–Kier alpha value is -2.37. The van der Waals surface area contributed by atoms with Gasteiger partial charge in [0.15, 0.2) is 9.84 Å². The molecule has 0 atom stereocenters. The topological polar surface area (TPSA) is 56.3 Å². The number of nitrogens with zero attached hydrogens (tertiary/aromatic N) is 1. The van der Waals surface area contributed by atoms with Gasteiger partial charge in [0.05, 0.1) is 12.9 Å². The maximum Gasteiger partial charge on any atom is 0.186 e. The van der Waals surface area contributed by atoms with E-state index >= 15 is 0 Å². The van der Waals surface area contributed by atoms with Crippen LogP contribution in [0.15, 0.2) is 65.8 Å². The molecule has 1 aromatic heterocycles. The van der Waals surface area contributed by atoms with E-state index in [2.05, 4.69) is 4.98 Å². The molecular weight excluding hydrogens is 370 g/mol. The van der Waals surface area contributed by atoms with Crippen LogP contribution in [0.1, 0.15) is 11.1 Å². The van der Waals surface area contributed by atoms with Crippen molar-refractivity contribution in [1.82, 2.24) is 4.98 Å². The molecule has 3 aromatic rings. The van der Waals surface area contributed by atoms with E-state index in [4.69, 9.17) is 16.3 Å². The van der Waals surface area contributed by atoms with Crippen molar-refractivity contribution >= 4 is 21.4 Å². The van der Waals surface area contributed by atoms with Gasteiger partial charge in [0.2, 0.25) is 0 Å². The molecule has 2 aromatic carbocycles. The molecule has 0 bridgehead atoms. The predicted molar refractivity (Wildman–Crippen MR) is 103 cm³/mol. The summed E-state index contributed by atoms with van der Waals surface area (Å²) < 4.78 is 30.9. The van der Waals surface area contributed by atoms with Crippen molar-refractivity contribution in [2.75, 3.05) is 7.11 Å². The molecule has 0 radical (unpaired) electrons. The molecule has 0 N–H and O–H groups in total. The second kappa shape index (κ2) is 7.48. The first kappa shape index (κ1) is 18.4. The van der Waals surface area contributed by atoms with E-state index in [1.807, 2.05) is 37.3 Å². The van der Waals surface area contributed by atoms with Crippen molar-refractivity contribution < 1.29 is 13.2 Å². The van der Waals surface area contributed by atoms with Crippen LogP contribution in [0, 0.1) is 6.92 Å². The molecule has 1 heterocycles. The van der Waals surface area contributed by atoms with Crippen LogP contribution in [0.3, 0.4) is 0 Å². The molecule has 134 valence electrons. The maximum atomic E-state index is 12.9. The van der Waals surface area contributed by atoms with Gasteiger partial charge < -0.3 is 4.74 Å². The van der Waals surface area contributed by atoms with E-state index in [1.54, 1.807) is 24.5 Å². The largest absolute Gasteiger partial charge is 0.495 e. The van der Waals surface area contributed by atoms with E-state index in [9.17, 15) is 8.42 Å². The second-order valence-electron chi connectivity index (χ2n) is 5.95. The zero-order valence-electron chi connectivity index (χ0n) is 14.4. The number of benzene rings is 2. The van der Waals surface area contributed by atoms with Gasteiger partial charge in [0, 0.05) is 23.0 Å². The van der Waals surface area contributed by atoms with Crippen LogP contribution in [-0.2, 0) is 15.6 Å². The summed E-state index contributed by atoms with van der Waals surface area (Å²) in [4.78, 5) is 4.30. The summed E-state index contributed by atoms with van der Waals surface area (Å²) >= 11 is 5.97. The van der Waals surface area contributed by atoms with E-state index in [0.717, 1.165) is 16.7 Å². The van der Waals surface area contributed by atoms with Gasteiger partial charge in [-0.15, -0.1) is 0 Å². The molecule has 0 fully saturated rings. The minimum absolute atomic E-state index is 0.0776. The lowest BCUT2D eigenvalue weighted by molar-refractivity contribution is 0.402. The molecular formula is C20H18ClNO3S. The van der Waals surface area contributed by atoms with Gasteiger partial charge >= 0.3 is 0 Å². The predicted octanol–water partition coefficient (Wildman–Crippen LogP) is 4.69. The summed E-state index contributed by atoms with van der Waals surface area (Å²) in [5.74, 6) is 0.0913. The van der Waals surface area contributed by atoms with E-state index < -0.39 is 9.84 Å². The van der Waals surface area contributed by atoms with Crippen LogP contribution in [0.2, 0.25) is 5.02 Å². The van der Waals surface area contributed by atoms with Gasteiger partial charge in [0.1, 0.15) is 10.6 Å². The van der Waals surface area contributed by atoms with Gasteiger partial charge in [-0.2, -0.15) is 0 Å². The summed E-state index contributed by atoms with van der Waals surface area (Å²) in [6.07, 6.45) is 3.30. The summed E-state index contributed by atoms with van der Waals surface area (Å²) in [5.41, 5.74) is 3.62. The van der Waals surface area contributed by atoms with Crippen LogP contribution in [-0.4, -0.2) is 20.5 Å². The normalized spacial score (nSPS) is 11.3. The molecule has 26 heavy (non-hydrogen) atoms.